The van der Waals surface area contributed by atoms with Crippen LogP contribution in [-0.2, 0) is 52.0 Å². The van der Waals surface area contributed by atoms with Crippen LogP contribution in [0.1, 0.15) is 0 Å². The van der Waals surface area contributed by atoms with Gasteiger partial charge < -0.3 is 26.4 Å². The molecule has 0 aromatic rings. The van der Waals surface area contributed by atoms with Gasteiger partial charge in [-0.3, -0.25) is 47.8 Å². The summed E-state index contributed by atoms with van der Waals surface area (Å²) in [7, 11) is -11.0. The fraction of sp³-hybridized carbons (Fsp3) is 1.00. The quantitative estimate of drug-likeness (QED) is 0.0144. The summed E-state index contributed by atoms with van der Waals surface area (Å²) in [5, 5.41) is 66.3. The van der Waals surface area contributed by atoms with Gasteiger partial charge in [-0.2, -0.15) is 25.3 Å². The zero-order valence-electron chi connectivity index (χ0n) is 29.9. The number of halogens is 1. The summed E-state index contributed by atoms with van der Waals surface area (Å²) in [5.74, 6) is 0. The van der Waals surface area contributed by atoms with Crippen molar-refractivity contribution in [2.75, 3.05) is 84.3 Å². The first-order chi connectivity index (χ1) is 25.2. The van der Waals surface area contributed by atoms with Crippen molar-refractivity contribution < 1.29 is 106 Å². The molecule has 57 heavy (non-hydrogen) atoms. The third-order valence-corrected chi connectivity index (χ3v) is 6.59. The molecule has 0 aliphatic rings. The van der Waals surface area contributed by atoms with Crippen LogP contribution in [0, 0.1) is 30.3 Å². The number of hydrogen-bond acceptors (Lipinski definition) is 23. The van der Waals surface area contributed by atoms with E-state index in [1.54, 1.807) is 0 Å². The Morgan fingerprint density at radius 2 is 0.754 bits per heavy atom. The van der Waals surface area contributed by atoms with E-state index < -0.39 is 130 Å². The summed E-state index contributed by atoms with van der Waals surface area (Å²) in [6.07, 6.45) is 2.74. The van der Waals surface area contributed by atoms with Crippen LogP contribution < -0.4 is 29.6 Å². The van der Waals surface area contributed by atoms with Crippen LogP contribution >= 0.6 is 10.7 Å². The Labute approximate surface area is 348 Å². The van der Waals surface area contributed by atoms with E-state index in [4.69, 9.17) is 43.0 Å². The Morgan fingerprint density at radius 1 is 0.561 bits per heavy atom. The van der Waals surface area contributed by atoms with Gasteiger partial charge in [0.15, 0.2) is 0 Å². The van der Waals surface area contributed by atoms with E-state index in [0.29, 0.717) is 18.8 Å². The average Bonchev–Trinajstić information content (AvgIpc) is 3.04. The second kappa shape index (κ2) is 31.3. The molecule has 0 saturated heterocycles. The van der Waals surface area contributed by atoms with Gasteiger partial charge in [-0.25, -0.2) is 8.42 Å². The maximum absolute atomic E-state index is 11.2. The van der Waals surface area contributed by atoms with Crippen molar-refractivity contribution in [3.05, 3.63) is 77.6 Å². The van der Waals surface area contributed by atoms with Crippen LogP contribution in [0.15, 0.2) is 15.3 Å². The molecule has 324 valence electrons. The van der Waals surface area contributed by atoms with Gasteiger partial charge in [0.05, 0.1) is 44.7 Å². The van der Waals surface area contributed by atoms with Crippen molar-refractivity contribution in [3.8, 4) is 0 Å². The zero-order chi connectivity index (χ0) is 45.7. The predicted octanol–water partition coefficient (Wildman–Crippen LogP) is -4.10. The number of hydrogen-bond donors (Lipinski definition) is 3. The van der Waals surface area contributed by atoms with E-state index in [1.165, 1.54) is 4.91 Å². The molecule has 0 unspecified atom stereocenters. The molecule has 0 radical (unpaired) electrons. The molecular weight excluding hydrogens is 909 g/mol. The first-order valence-electron chi connectivity index (χ1n) is 12.9. The maximum atomic E-state index is 11.2. The number of aliphatic hydroxyl groups excluding tert-OH is 3. The molecule has 0 rings (SSSR count). The molecule has 0 spiro atoms. The van der Waals surface area contributed by atoms with E-state index in [9.17, 15) is 64.0 Å². The Hall–Kier alpha value is -3.71. The molecular formula is C16H33ClN15NaO20S4. The van der Waals surface area contributed by atoms with Gasteiger partial charge in [0, 0.05) is 40.2 Å². The van der Waals surface area contributed by atoms with E-state index in [2.05, 4.69) is 53.3 Å². The summed E-state index contributed by atoms with van der Waals surface area (Å²) in [6.45, 7) is -7.82. The average molecular weight is 942 g/mol. The second-order valence-electron chi connectivity index (χ2n) is 9.76. The molecule has 0 fully saturated rings. The van der Waals surface area contributed by atoms with Crippen molar-refractivity contribution in [1.29, 1.82) is 0 Å². The molecule has 0 bridgehead atoms. The number of nitrogens with zero attached hydrogens (tertiary/aromatic N) is 15. The summed E-state index contributed by atoms with van der Waals surface area (Å²) < 4.78 is 97.2. The first-order valence-corrected chi connectivity index (χ1v) is 21.1. The summed E-state index contributed by atoms with van der Waals surface area (Å²) in [5.41, 5.74) is 31.3. The molecule has 0 aromatic heterocycles. The number of nitro groups is 3. The van der Waals surface area contributed by atoms with Crippen molar-refractivity contribution in [2.45, 2.75) is 16.6 Å². The topological polar surface area (TPSA) is 559 Å². The largest absolute Gasteiger partial charge is 1.00 e. The zero-order valence-corrected chi connectivity index (χ0v) is 35.9. The van der Waals surface area contributed by atoms with Crippen LogP contribution in [0.25, 0.3) is 47.3 Å². The van der Waals surface area contributed by atoms with Crippen molar-refractivity contribution in [1.82, 2.24) is 0 Å². The minimum absolute atomic E-state index is 0. The fourth-order valence-electron chi connectivity index (χ4n) is 2.07. The summed E-state index contributed by atoms with van der Waals surface area (Å²) in [4.78, 5) is 37.8. The van der Waals surface area contributed by atoms with E-state index >= 15 is 0 Å². The van der Waals surface area contributed by atoms with Gasteiger partial charge in [-0.05, 0) is 16.6 Å². The normalized spacial score (nSPS) is 12.0. The van der Waals surface area contributed by atoms with Crippen molar-refractivity contribution in [2.24, 2.45) is 15.3 Å². The number of azide groups is 3. The van der Waals surface area contributed by atoms with Gasteiger partial charge in [-0.1, -0.05) is 15.3 Å². The van der Waals surface area contributed by atoms with Gasteiger partial charge in [0.1, 0.15) is 39.6 Å². The van der Waals surface area contributed by atoms with Crippen LogP contribution in [0.5, 0.6) is 0 Å². The standard InChI is InChI=1S/C7H15NO11S3.C4H6N10O2.C4H9NO5.CH3ClO2S.N3.Na/c1-20(11,12)17-4-7(8(9)10,5-18-21(2,13)14)6-19-22(3,15)16;5-11-8-1-4(14(15)16,2-9-12-6)3-10-13-7;6-1-4(2-7,3-8)5(9)10;1-5(2,3)4;1-3-2;/h4-6H2,1-3H3;1-3H2;6-8H,1-3H2;1H3;;/q;;;;-1;+1. The number of rotatable bonds is 21. The summed E-state index contributed by atoms with van der Waals surface area (Å²) in [6, 6.07) is 0. The smallest absolute Gasteiger partial charge is 0.389 e. The van der Waals surface area contributed by atoms with Crippen LogP contribution in [0.4, 0.5) is 0 Å². The van der Waals surface area contributed by atoms with Gasteiger partial charge in [-0.15, -0.1) is 0 Å². The molecule has 0 atom stereocenters. The Bertz CT molecular complexity index is 1760. The maximum Gasteiger partial charge on any atom is 1.00 e. The second-order valence-corrected chi connectivity index (χ2v) is 17.7. The van der Waals surface area contributed by atoms with E-state index in [0.717, 1.165) is 6.26 Å². The van der Waals surface area contributed by atoms with Gasteiger partial charge in [0.2, 0.25) is 14.6 Å². The molecule has 0 amide bonds. The SMILES string of the molecule is CS(=O)(=O)Cl.CS(=O)(=O)OCC(COS(C)(=O)=O)(COS(C)(=O)=O)[N+](=O)[O-].O=[N+]([O-])C(CO)(CO)CO.[N-]=[N+]=NCC(CN=[N+]=[N-])(CN=[N+]=[N-])[N+](=O)[O-].[N-]=[N+]=[N-].[Na+]. The molecule has 41 heteroatoms. The predicted molar refractivity (Wildman–Crippen MR) is 186 cm³/mol. The molecule has 0 aliphatic heterocycles. The molecule has 0 saturated carbocycles. The van der Waals surface area contributed by atoms with Crippen molar-refractivity contribution >= 4 is 50.1 Å². The third kappa shape index (κ3) is 37.6. The molecule has 0 heterocycles. The fourth-order valence-corrected chi connectivity index (χ4v) is 3.37. The van der Waals surface area contributed by atoms with E-state index in [1.807, 2.05) is 0 Å². The Morgan fingerprint density at radius 3 is 0.860 bits per heavy atom. The summed E-state index contributed by atoms with van der Waals surface area (Å²) >= 11 is 0. The van der Waals surface area contributed by atoms with Crippen LogP contribution in [-0.4, -0.2) is 165 Å². The third-order valence-electron chi connectivity index (χ3n) is 4.95. The first kappa shape index (κ1) is 65.2. The van der Waals surface area contributed by atoms with Crippen molar-refractivity contribution in [3.63, 3.8) is 0 Å². The monoisotopic (exact) mass is 941 g/mol. The Kier molecular flexibility index (Phi) is 35.8. The van der Waals surface area contributed by atoms with E-state index in [-0.39, 0.29) is 29.6 Å². The molecule has 0 aliphatic carbocycles. The molecule has 35 nitrogen and oxygen atoms in total. The minimum Gasteiger partial charge on any atom is -0.389 e. The molecule has 0 aromatic carbocycles. The van der Waals surface area contributed by atoms with Crippen LogP contribution in [0.3, 0.4) is 0 Å². The Balaban J connectivity index is -0.000000162. The minimum atomic E-state index is -4.11. The van der Waals surface area contributed by atoms with Gasteiger partial charge in [0.25, 0.3) is 41.4 Å². The van der Waals surface area contributed by atoms with Gasteiger partial charge >= 0.3 is 29.6 Å². The molecule has 3 N–H and O–H groups in total. The number of aliphatic hydroxyl groups is 3. The van der Waals surface area contributed by atoms with Crippen LogP contribution in [0.2, 0.25) is 0 Å².